The van der Waals surface area contributed by atoms with E-state index >= 15 is 0 Å². The third kappa shape index (κ3) is 8.34. The van der Waals surface area contributed by atoms with Gasteiger partial charge in [-0.15, -0.1) is 0 Å². The molecule has 0 spiro atoms. The van der Waals surface area contributed by atoms with Crippen molar-refractivity contribution in [2.24, 2.45) is 17.8 Å². The first-order chi connectivity index (χ1) is 9.61. The lowest BCUT2D eigenvalue weighted by Gasteiger charge is -2.37. The summed E-state index contributed by atoms with van der Waals surface area (Å²) < 4.78 is 36.9. The maximum atomic E-state index is 12.3. The number of halogens is 3. The van der Waals surface area contributed by atoms with Gasteiger partial charge < -0.3 is 5.32 Å². The van der Waals surface area contributed by atoms with Gasteiger partial charge in [-0.1, -0.05) is 31.5 Å². The van der Waals surface area contributed by atoms with Gasteiger partial charge in [-0.25, -0.2) is 0 Å². The molecule has 1 aliphatic carbocycles. The summed E-state index contributed by atoms with van der Waals surface area (Å²) >= 11 is 0.141. The van der Waals surface area contributed by atoms with Gasteiger partial charge in [0, 0.05) is 11.3 Å². The predicted molar refractivity (Wildman–Crippen MR) is 85.5 cm³/mol. The van der Waals surface area contributed by atoms with Crippen molar-refractivity contribution in [3.8, 4) is 0 Å². The summed E-state index contributed by atoms with van der Waals surface area (Å²) in [5.74, 6) is 1.88. The molecule has 1 N–H and O–H groups in total. The van der Waals surface area contributed by atoms with Crippen molar-refractivity contribution in [2.45, 2.75) is 70.8 Å². The van der Waals surface area contributed by atoms with Gasteiger partial charge in [-0.2, -0.15) is 13.2 Å². The zero-order valence-electron chi connectivity index (χ0n) is 13.7. The van der Waals surface area contributed by atoms with Crippen molar-refractivity contribution >= 4 is 11.8 Å². The van der Waals surface area contributed by atoms with E-state index in [1.54, 1.807) is 0 Å². The average molecular weight is 325 g/mol. The van der Waals surface area contributed by atoms with E-state index in [1.165, 1.54) is 6.42 Å². The summed E-state index contributed by atoms with van der Waals surface area (Å²) in [6, 6.07) is 0. The van der Waals surface area contributed by atoms with Gasteiger partial charge >= 0.3 is 5.51 Å². The van der Waals surface area contributed by atoms with Gasteiger partial charge in [0.1, 0.15) is 0 Å². The van der Waals surface area contributed by atoms with Gasteiger partial charge in [0.25, 0.3) is 0 Å². The molecule has 1 nitrogen and oxygen atoms in total. The molecule has 1 aliphatic rings. The smallest absolute Gasteiger partial charge is 0.312 e. The highest BCUT2D eigenvalue weighted by atomic mass is 32.2. The predicted octanol–water partition coefficient (Wildman–Crippen LogP) is 5.46. The zero-order valence-corrected chi connectivity index (χ0v) is 14.5. The van der Waals surface area contributed by atoms with Crippen LogP contribution in [0.15, 0.2) is 0 Å². The van der Waals surface area contributed by atoms with Gasteiger partial charge in [0.05, 0.1) is 0 Å². The lowest BCUT2D eigenvalue weighted by atomic mass is 9.72. The SMILES string of the molecule is CCC1CCC(CNC(C)(C)C)C(CCSC(F)(F)F)C1. The van der Waals surface area contributed by atoms with Gasteiger partial charge in [0.15, 0.2) is 0 Å². The molecule has 3 atom stereocenters. The molecule has 1 fully saturated rings. The number of hydrogen-bond acceptors (Lipinski definition) is 2. The van der Waals surface area contributed by atoms with E-state index in [0.29, 0.717) is 24.2 Å². The molecule has 0 bridgehead atoms. The number of thioether (sulfide) groups is 1. The third-order valence-corrected chi connectivity index (χ3v) is 5.24. The number of rotatable bonds is 6. The Kier molecular flexibility index (Phi) is 7.38. The maximum Gasteiger partial charge on any atom is 0.441 e. The van der Waals surface area contributed by atoms with E-state index in [9.17, 15) is 13.2 Å². The van der Waals surface area contributed by atoms with E-state index < -0.39 is 5.51 Å². The van der Waals surface area contributed by atoms with Crippen LogP contribution in [-0.4, -0.2) is 23.3 Å². The number of nitrogens with one attached hydrogen (secondary N) is 1. The number of alkyl halides is 3. The molecule has 0 radical (unpaired) electrons. The Balaban J connectivity index is 2.49. The highest BCUT2D eigenvalue weighted by Crippen LogP contribution is 2.39. The summed E-state index contributed by atoms with van der Waals surface area (Å²) in [5, 5.41) is 3.53. The topological polar surface area (TPSA) is 12.0 Å². The minimum atomic E-state index is -4.09. The second-order valence-electron chi connectivity index (χ2n) is 7.32. The molecule has 0 aromatic carbocycles. The first kappa shape index (κ1) is 19.1. The van der Waals surface area contributed by atoms with Crippen molar-refractivity contribution in [2.75, 3.05) is 12.3 Å². The molecule has 1 rings (SSSR count). The third-order valence-electron chi connectivity index (χ3n) is 4.47. The average Bonchev–Trinajstić information content (AvgIpc) is 2.34. The monoisotopic (exact) mass is 325 g/mol. The Bertz CT molecular complexity index is 299. The molecule has 0 amide bonds. The fourth-order valence-corrected chi connectivity index (χ4v) is 3.83. The number of hydrogen-bond donors (Lipinski definition) is 1. The molecular formula is C16H30F3NS. The Morgan fingerprint density at radius 1 is 1.10 bits per heavy atom. The Labute approximate surface area is 131 Å². The van der Waals surface area contributed by atoms with Gasteiger partial charge in [-0.05, 0) is 64.3 Å². The standard InChI is InChI=1S/C16H30F3NS/c1-5-12-6-7-14(11-20-15(2,3)4)13(10-12)8-9-21-16(17,18)19/h12-14,20H,5-11H2,1-4H3. The normalized spacial score (nSPS) is 27.9. The second-order valence-corrected chi connectivity index (χ2v) is 8.48. The van der Waals surface area contributed by atoms with Crippen LogP contribution < -0.4 is 5.32 Å². The Hall–Kier alpha value is 0.100. The van der Waals surface area contributed by atoms with Crippen LogP contribution in [0, 0.1) is 17.8 Å². The van der Waals surface area contributed by atoms with Crippen LogP contribution in [-0.2, 0) is 0 Å². The van der Waals surface area contributed by atoms with Crippen molar-refractivity contribution in [1.82, 2.24) is 5.32 Å². The van der Waals surface area contributed by atoms with Crippen LogP contribution in [0.5, 0.6) is 0 Å². The fourth-order valence-electron chi connectivity index (χ4n) is 3.18. The van der Waals surface area contributed by atoms with Crippen LogP contribution in [0.1, 0.15) is 59.8 Å². The van der Waals surface area contributed by atoms with Crippen molar-refractivity contribution < 1.29 is 13.2 Å². The van der Waals surface area contributed by atoms with Gasteiger partial charge in [-0.3, -0.25) is 0 Å². The Morgan fingerprint density at radius 3 is 2.29 bits per heavy atom. The quantitative estimate of drug-likeness (QED) is 0.696. The second kappa shape index (κ2) is 8.09. The highest BCUT2D eigenvalue weighted by molar-refractivity contribution is 8.00. The molecule has 0 saturated heterocycles. The van der Waals surface area contributed by atoms with E-state index in [-0.39, 0.29) is 23.1 Å². The molecule has 1 saturated carbocycles. The van der Waals surface area contributed by atoms with E-state index in [2.05, 4.69) is 33.0 Å². The molecule has 0 aromatic rings. The van der Waals surface area contributed by atoms with Crippen LogP contribution in [0.25, 0.3) is 0 Å². The summed E-state index contributed by atoms with van der Waals surface area (Å²) in [6.07, 6.45) is 5.34. The van der Waals surface area contributed by atoms with Crippen molar-refractivity contribution in [1.29, 1.82) is 0 Å². The lowest BCUT2D eigenvalue weighted by Crippen LogP contribution is -2.42. The summed E-state index contributed by atoms with van der Waals surface area (Å²) in [6.45, 7) is 9.54. The first-order valence-electron chi connectivity index (χ1n) is 8.06. The highest BCUT2D eigenvalue weighted by Gasteiger charge is 2.32. The minimum Gasteiger partial charge on any atom is -0.312 e. The summed E-state index contributed by atoms with van der Waals surface area (Å²) in [7, 11) is 0. The van der Waals surface area contributed by atoms with E-state index in [4.69, 9.17) is 0 Å². The summed E-state index contributed by atoms with van der Waals surface area (Å²) in [5.41, 5.74) is -4.01. The van der Waals surface area contributed by atoms with Crippen molar-refractivity contribution in [3.05, 3.63) is 0 Å². The molecular weight excluding hydrogens is 295 g/mol. The molecule has 21 heavy (non-hydrogen) atoms. The zero-order chi connectivity index (χ0) is 16.1. The lowest BCUT2D eigenvalue weighted by molar-refractivity contribution is -0.0329. The van der Waals surface area contributed by atoms with Crippen LogP contribution in [0.4, 0.5) is 13.2 Å². The fraction of sp³-hybridized carbons (Fsp3) is 1.00. The molecule has 0 aliphatic heterocycles. The van der Waals surface area contributed by atoms with Crippen LogP contribution in [0.2, 0.25) is 0 Å². The van der Waals surface area contributed by atoms with E-state index in [1.807, 2.05) is 0 Å². The van der Waals surface area contributed by atoms with Gasteiger partial charge in [0.2, 0.25) is 0 Å². The molecule has 5 heteroatoms. The molecule has 126 valence electrons. The largest absolute Gasteiger partial charge is 0.441 e. The summed E-state index contributed by atoms with van der Waals surface area (Å²) in [4.78, 5) is 0. The van der Waals surface area contributed by atoms with E-state index in [0.717, 1.165) is 25.8 Å². The maximum absolute atomic E-state index is 12.3. The molecule has 3 unspecified atom stereocenters. The van der Waals surface area contributed by atoms with Crippen molar-refractivity contribution in [3.63, 3.8) is 0 Å². The Morgan fingerprint density at radius 2 is 1.76 bits per heavy atom. The first-order valence-corrected chi connectivity index (χ1v) is 9.05. The van der Waals surface area contributed by atoms with Crippen LogP contribution in [0.3, 0.4) is 0 Å². The molecule has 0 aromatic heterocycles. The van der Waals surface area contributed by atoms with Crippen LogP contribution >= 0.6 is 11.8 Å². The molecule has 0 heterocycles. The minimum absolute atomic E-state index is 0.0763.